The number of anilines is 1. The Hall–Kier alpha value is -3.60. The van der Waals surface area contributed by atoms with Crippen LogP contribution in [0.4, 0.5) is 5.69 Å². The summed E-state index contributed by atoms with van der Waals surface area (Å²) in [4.78, 5) is 17.3. The lowest BCUT2D eigenvalue weighted by Crippen LogP contribution is -2.11. The molecular weight excluding hydrogens is 412 g/mol. The molecule has 1 aliphatic heterocycles. The predicted molar refractivity (Wildman–Crippen MR) is 137 cm³/mol. The third-order valence-corrected chi connectivity index (χ3v) is 5.58. The van der Waals surface area contributed by atoms with Gasteiger partial charge in [-0.1, -0.05) is 24.8 Å². The number of carbonyl (C=O) groups excluding carboxylic acids is 1. The second-order valence-corrected chi connectivity index (χ2v) is 7.80. The van der Waals surface area contributed by atoms with Gasteiger partial charge in [-0.05, 0) is 63.5 Å². The Morgan fingerprint density at radius 2 is 1.94 bits per heavy atom. The van der Waals surface area contributed by atoms with Gasteiger partial charge in [-0.15, -0.1) is 0 Å². The zero-order valence-electron chi connectivity index (χ0n) is 20.3. The lowest BCUT2D eigenvalue weighted by Gasteiger charge is -2.20. The number of aryl methyl sites for hydroxylation is 2. The third-order valence-electron chi connectivity index (χ3n) is 5.58. The average molecular weight is 445 g/mol. The van der Waals surface area contributed by atoms with Gasteiger partial charge in [-0.3, -0.25) is 4.99 Å². The standard InChI is InChI=1S/C28H32N2O3/c1-8-12-20(19(9-2)28(31)32-7)27-21-13-17(5)23(29-10-3)15-25(21)33-26-16-24(30-11-4)18(6)14-22(26)27/h8-9,12-16,29H,2,10-11H2,1,3-7H3/b12-8-,20-19-,30-24?. The Morgan fingerprint density at radius 3 is 2.55 bits per heavy atom. The molecule has 1 aromatic rings. The molecule has 0 amide bonds. The van der Waals surface area contributed by atoms with E-state index in [1.807, 2.05) is 45.1 Å². The molecule has 0 saturated heterocycles. The highest BCUT2D eigenvalue weighted by Crippen LogP contribution is 2.41. The lowest BCUT2D eigenvalue weighted by molar-refractivity contribution is -0.135. The number of methoxy groups -OCH3 is 1. The van der Waals surface area contributed by atoms with Crippen LogP contribution in [0.2, 0.25) is 0 Å². The van der Waals surface area contributed by atoms with E-state index in [2.05, 4.69) is 42.9 Å². The first-order valence-corrected chi connectivity index (χ1v) is 11.2. The van der Waals surface area contributed by atoms with Gasteiger partial charge >= 0.3 is 5.97 Å². The molecule has 0 bridgehead atoms. The molecule has 0 fully saturated rings. The zero-order chi connectivity index (χ0) is 24.1. The molecule has 33 heavy (non-hydrogen) atoms. The molecule has 1 aromatic carbocycles. The number of nitrogens with one attached hydrogen (secondary N) is 1. The van der Waals surface area contributed by atoms with Gasteiger partial charge in [0.25, 0.3) is 0 Å². The van der Waals surface area contributed by atoms with E-state index in [-0.39, 0.29) is 0 Å². The first-order valence-electron chi connectivity index (χ1n) is 11.2. The number of hydrogen-bond acceptors (Lipinski definition) is 5. The van der Waals surface area contributed by atoms with E-state index in [1.54, 1.807) is 6.08 Å². The Bertz CT molecular complexity index is 1310. The maximum atomic E-state index is 12.7. The number of benzene rings is 2. The van der Waals surface area contributed by atoms with Crippen LogP contribution in [0, 0.1) is 13.8 Å². The summed E-state index contributed by atoms with van der Waals surface area (Å²) in [6.07, 6.45) is 5.39. The van der Waals surface area contributed by atoms with Crippen LogP contribution in [0.15, 0.2) is 64.1 Å². The minimum Gasteiger partial charge on any atom is -0.465 e. The number of esters is 1. The number of ether oxygens (including phenoxy) is 1. The van der Waals surface area contributed by atoms with Crippen LogP contribution >= 0.6 is 0 Å². The van der Waals surface area contributed by atoms with Gasteiger partial charge in [0.05, 0.1) is 18.0 Å². The fraction of sp³-hybridized carbons (Fsp3) is 0.286. The smallest absolute Gasteiger partial charge is 0.338 e. The molecule has 0 spiro atoms. The van der Waals surface area contributed by atoms with Crippen molar-refractivity contribution in [2.24, 2.45) is 4.99 Å². The second kappa shape index (κ2) is 10.3. The molecule has 0 saturated carbocycles. The van der Waals surface area contributed by atoms with Gasteiger partial charge in [0.1, 0.15) is 11.3 Å². The van der Waals surface area contributed by atoms with Crippen molar-refractivity contribution in [2.45, 2.75) is 34.6 Å². The summed E-state index contributed by atoms with van der Waals surface area (Å²) in [6, 6.07) is 8.18. The van der Waals surface area contributed by atoms with Crippen LogP contribution < -0.4 is 10.7 Å². The highest BCUT2D eigenvalue weighted by atomic mass is 16.5. The summed E-state index contributed by atoms with van der Waals surface area (Å²) in [5.41, 5.74) is 6.81. The molecule has 1 aliphatic carbocycles. The minimum atomic E-state index is -0.435. The van der Waals surface area contributed by atoms with E-state index in [4.69, 9.17) is 9.15 Å². The van der Waals surface area contributed by atoms with Gasteiger partial charge < -0.3 is 14.5 Å². The minimum absolute atomic E-state index is 0.401. The first-order chi connectivity index (χ1) is 15.9. The van der Waals surface area contributed by atoms with Gasteiger partial charge in [0, 0.05) is 47.4 Å². The van der Waals surface area contributed by atoms with Crippen molar-refractivity contribution in [1.29, 1.82) is 0 Å². The van der Waals surface area contributed by atoms with Gasteiger partial charge in [0.15, 0.2) is 0 Å². The Morgan fingerprint density at radius 1 is 1.18 bits per heavy atom. The van der Waals surface area contributed by atoms with Crippen LogP contribution in [0.3, 0.4) is 0 Å². The average Bonchev–Trinajstić information content (AvgIpc) is 2.79. The van der Waals surface area contributed by atoms with E-state index < -0.39 is 5.97 Å². The summed E-state index contributed by atoms with van der Waals surface area (Å²) >= 11 is 0. The summed E-state index contributed by atoms with van der Waals surface area (Å²) in [7, 11) is 1.38. The van der Waals surface area contributed by atoms with Gasteiger partial charge in [0.2, 0.25) is 0 Å². The van der Waals surface area contributed by atoms with E-state index in [9.17, 15) is 4.79 Å². The quantitative estimate of drug-likeness (QED) is 0.204. The zero-order valence-corrected chi connectivity index (χ0v) is 20.3. The van der Waals surface area contributed by atoms with Crippen LogP contribution in [0.5, 0.6) is 0 Å². The summed E-state index contributed by atoms with van der Waals surface area (Å²) in [5, 5.41) is 5.21. The molecular formula is C28H32N2O3. The van der Waals surface area contributed by atoms with E-state index >= 15 is 0 Å². The van der Waals surface area contributed by atoms with Gasteiger partial charge in [-0.25, -0.2) is 4.79 Å². The van der Waals surface area contributed by atoms with Gasteiger partial charge in [-0.2, -0.15) is 0 Å². The first kappa shape index (κ1) is 24.1. The topological polar surface area (TPSA) is 63.8 Å². The maximum Gasteiger partial charge on any atom is 0.338 e. The highest BCUT2D eigenvalue weighted by Gasteiger charge is 2.23. The number of hydrogen-bond donors (Lipinski definition) is 1. The molecule has 0 radical (unpaired) electrons. The summed E-state index contributed by atoms with van der Waals surface area (Å²) in [5.74, 6) is 0.271. The Kier molecular flexibility index (Phi) is 7.54. The third kappa shape index (κ3) is 4.63. The molecule has 3 rings (SSSR count). The molecule has 1 N–H and O–H groups in total. The maximum absolute atomic E-state index is 12.7. The second-order valence-electron chi connectivity index (χ2n) is 7.80. The van der Waals surface area contributed by atoms with Crippen LogP contribution in [0.25, 0.3) is 27.9 Å². The number of carbonyl (C=O) groups is 1. The number of rotatable bonds is 7. The highest BCUT2D eigenvalue weighted by molar-refractivity contribution is 6.10. The largest absolute Gasteiger partial charge is 0.465 e. The van der Waals surface area contributed by atoms with Crippen LogP contribution in [-0.2, 0) is 9.53 Å². The van der Waals surface area contributed by atoms with Crippen molar-refractivity contribution in [2.75, 3.05) is 25.5 Å². The number of nitrogens with zero attached hydrogens (tertiary/aromatic N) is 1. The molecule has 0 aromatic heterocycles. The van der Waals surface area contributed by atoms with Crippen molar-refractivity contribution in [3.8, 4) is 11.3 Å². The molecule has 5 heteroatoms. The normalized spacial score (nSPS) is 13.0. The Labute approximate surface area is 195 Å². The molecule has 1 heterocycles. The molecule has 2 aliphatic rings. The van der Waals surface area contributed by atoms with E-state index in [0.717, 1.165) is 56.4 Å². The van der Waals surface area contributed by atoms with Crippen molar-refractivity contribution in [3.63, 3.8) is 0 Å². The predicted octanol–water partition coefficient (Wildman–Crippen LogP) is 6.20. The van der Waals surface area contributed by atoms with Crippen molar-refractivity contribution in [3.05, 3.63) is 76.7 Å². The van der Waals surface area contributed by atoms with Crippen molar-refractivity contribution >= 4 is 28.2 Å². The SMILES string of the molecule is C=C/C(C(=O)OC)=C(\C=C/C)c1c2cc(C)c(=NCC)cc-2oc2cc(NCC)c(C)cc12. The van der Waals surface area contributed by atoms with Crippen molar-refractivity contribution in [1.82, 2.24) is 0 Å². The Balaban J connectivity index is 2.61. The molecule has 172 valence electrons. The van der Waals surface area contributed by atoms with E-state index in [1.165, 1.54) is 7.11 Å². The molecule has 0 atom stereocenters. The summed E-state index contributed by atoms with van der Waals surface area (Å²) < 4.78 is 11.5. The molecule has 5 nitrogen and oxygen atoms in total. The number of fused-ring (bicyclic) bond motifs is 2. The van der Waals surface area contributed by atoms with Crippen molar-refractivity contribution < 1.29 is 13.9 Å². The monoisotopic (exact) mass is 444 g/mol. The lowest BCUT2D eigenvalue weighted by atomic mass is 9.88. The molecule has 0 unspecified atom stereocenters. The van der Waals surface area contributed by atoms with E-state index in [0.29, 0.717) is 17.9 Å². The van der Waals surface area contributed by atoms with Crippen LogP contribution in [0.1, 0.15) is 37.5 Å². The fourth-order valence-corrected chi connectivity index (χ4v) is 4.09. The summed E-state index contributed by atoms with van der Waals surface area (Å²) in [6.45, 7) is 15.5. The van der Waals surface area contributed by atoms with Crippen LogP contribution in [-0.4, -0.2) is 26.2 Å². The number of allylic oxidation sites excluding steroid dienone is 3. The fourth-order valence-electron chi connectivity index (χ4n) is 4.09.